The van der Waals surface area contributed by atoms with Crippen LogP contribution in [-0.4, -0.2) is 27.3 Å². The molecule has 0 bridgehead atoms. The van der Waals surface area contributed by atoms with Crippen LogP contribution in [0.3, 0.4) is 0 Å². The molecule has 1 N–H and O–H groups in total. The van der Waals surface area contributed by atoms with Gasteiger partial charge in [-0.3, -0.25) is 4.79 Å². The average molecular weight is 359 g/mol. The van der Waals surface area contributed by atoms with E-state index < -0.39 is 5.63 Å². The quantitative estimate of drug-likeness (QED) is 0.554. The number of H-pyrrole nitrogens is 1. The fourth-order valence-corrected chi connectivity index (χ4v) is 3.79. The number of nitrogens with zero attached hydrogens (tertiary/aromatic N) is 2. The highest BCUT2D eigenvalue weighted by atomic mass is 16.4. The van der Waals surface area contributed by atoms with Gasteiger partial charge in [0, 0.05) is 11.9 Å². The molecule has 0 saturated carbocycles. The molecular formula is C21H17N3O3. The molecule has 0 spiro atoms. The second-order valence-corrected chi connectivity index (χ2v) is 6.78. The van der Waals surface area contributed by atoms with Gasteiger partial charge in [0.2, 0.25) is 0 Å². The minimum absolute atomic E-state index is 0.0664. The van der Waals surface area contributed by atoms with E-state index in [1.54, 1.807) is 23.1 Å². The SMILES string of the molecule is O=C(c1cc2ccccc2oc1=O)N1CCCC1c1nc2ccccc2[nH]1. The first-order chi connectivity index (χ1) is 13.2. The van der Waals surface area contributed by atoms with Crippen molar-refractivity contribution in [2.75, 3.05) is 6.54 Å². The number of imidazole rings is 1. The molecule has 1 amide bonds. The molecule has 5 rings (SSSR count). The molecule has 1 fully saturated rings. The Hall–Kier alpha value is -3.41. The van der Waals surface area contributed by atoms with Crippen molar-refractivity contribution in [2.24, 2.45) is 0 Å². The molecule has 27 heavy (non-hydrogen) atoms. The first kappa shape index (κ1) is 15.8. The molecule has 4 aromatic rings. The maximum Gasteiger partial charge on any atom is 0.349 e. The summed E-state index contributed by atoms with van der Waals surface area (Å²) in [7, 11) is 0. The highest BCUT2D eigenvalue weighted by Gasteiger charge is 2.34. The maximum atomic E-state index is 13.1. The molecule has 0 radical (unpaired) electrons. The number of aromatic nitrogens is 2. The van der Waals surface area contributed by atoms with Gasteiger partial charge in [-0.15, -0.1) is 0 Å². The molecule has 2 aromatic heterocycles. The minimum Gasteiger partial charge on any atom is -0.422 e. The monoisotopic (exact) mass is 359 g/mol. The Kier molecular flexibility index (Phi) is 3.57. The summed E-state index contributed by atoms with van der Waals surface area (Å²) in [6.07, 6.45) is 1.68. The predicted molar refractivity (Wildman–Crippen MR) is 102 cm³/mol. The van der Waals surface area contributed by atoms with Crippen LogP contribution in [-0.2, 0) is 0 Å². The Morgan fingerprint density at radius 1 is 1.15 bits per heavy atom. The predicted octanol–water partition coefficient (Wildman–Crippen LogP) is 3.65. The lowest BCUT2D eigenvalue weighted by molar-refractivity contribution is 0.0726. The van der Waals surface area contributed by atoms with Gasteiger partial charge in [0.1, 0.15) is 17.0 Å². The number of rotatable bonds is 2. The van der Waals surface area contributed by atoms with Crippen molar-refractivity contribution in [3.8, 4) is 0 Å². The molecular weight excluding hydrogens is 342 g/mol. The van der Waals surface area contributed by atoms with Crippen molar-refractivity contribution < 1.29 is 9.21 Å². The maximum absolute atomic E-state index is 13.1. The lowest BCUT2D eigenvalue weighted by Crippen LogP contribution is -2.34. The summed E-state index contributed by atoms with van der Waals surface area (Å²) in [4.78, 5) is 35.2. The Balaban J connectivity index is 1.54. The summed E-state index contributed by atoms with van der Waals surface area (Å²) in [5.41, 5.74) is 1.76. The Morgan fingerprint density at radius 3 is 2.85 bits per heavy atom. The highest BCUT2D eigenvalue weighted by Crippen LogP contribution is 2.32. The van der Waals surface area contributed by atoms with Gasteiger partial charge in [-0.2, -0.15) is 0 Å². The second-order valence-electron chi connectivity index (χ2n) is 6.78. The van der Waals surface area contributed by atoms with Crippen molar-refractivity contribution in [3.63, 3.8) is 0 Å². The molecule has 2 aromatic carbocycles. The van der Waals surface area contributed by atoms with Crippen LogP contribution >= 0.6 is 0 Å². The average Bonchev–Trinajstić information content (AvgIpc) is 3.33. The van der Waals surface area contributed by atoms with E-state index in [-0.39, 0.29) is 17.5 Å². The zero-order valence-corrected chi connectivity index (χ0v) is 14.5. The van der Waals surface area contributed by atoms with Gasteiger partial charge >= 0.3 is 5.63 Å². The van der Waals surface area contributed by atoms with Crippen LogP contribution in [0.5, 0.6) is 0 Å². The van der Waals surface area contributed by atoms with Gasteiger partial charge in [-0.05, 0) is 37.1 Å². The number of carbonyl (C=O) groups excluding carboxylic acids is 1. The summed E-state index contributed by atoms with van der Waals surface area (Å²) in [6.45, 7) is 0.590. The number of amides is 1. The number of aromatic amines is 1. The number of para-hydroxylation sites is 3. The van der Waals surface area contributed by atoms with E-state index in [0.29, 0.717) is 12.1 Å². The number of fused-ring (bicyclic) bond motifs is 2. The molecule has 1 saturated heterocycles. The van der Waals surface area contributed by atoms with Crippen LogP contribution in [0.2, 0.25) is 0 Å². The van der Waals surface area contributed by atoms with Crippen LogP contribution in [0.15, 0.2) is 63.8 Å². The van der Waals surface area contributed by atoms with Gasteiger partial charge in [0.15, 0.2) is 0 Å². The van der Waals surface area contributed by atoms with Gasteiger partial charge in [-0.25, -0.2) is 9.78 Å². The standard InChI is InChI=1S/C21H17N3O3/c25-20(14-12-13-6-1-4-10-18(13)27-21(14)26)24-11-5-9-17(24)19-22-15-7-2-3-8-16(15)23-19/h1-4,6-8,10,12,17H,5,9,11H2,(H,22,23). The Bertz CT molecular complexity index is 1190. The van der Waals surface area contributed by atoms with Crippen LogP contribution in [0, 0.1) is 0 Å². The minimum atomic E-state index is -0.603. The molecule has 1 aliphatic rings. The molecule has 6 nitrogen and oxygen atoms in total. The molecule has 1 unspecified atom stereocenters. The van der Waals surface area contributed by atoms with Crippen molar-refractivity contribution in [3.05, 3.63) is 76.4 Å². The molecule has 134 valence electrons. The van der Waals surface area contributed by atoms with Gasteiger partial charge in [-0.1, -0.05) is 30.3 Å². The number of likely N-dealkylation sites (tertiary alicyclic amines) is 1. The number of hydrogen-bond donors (Lipinski definition) is 1. The number of benzene rings is 2. The fourth-order valence-electron chi connectivity index (χ4n) is 3.79. The van der Waals surface area contributed by atoms with E-state index in [1.165, 1.54) is 0 Å². The third kappa shape index (κ3) is 2.61. The van der Waals surface area contributed by atoms with Crippen molar-refractivity contribution >= 4 is 27.9 Å². The largest absolute Gasteiger partial charge is 0.422 e. The third-order valence-corrected chi connectivity index (χ3v) is 5.11. The van der Waals surface area contributed by atoms with Gasteiger partial charge in [0.25, 0.3) is 5.91 Å². The Labute approximate surface area is 154 Å². The van der Waals surface area contributed by atoms with Crippen molar-refractivity contribution in [1.82, 2.24) is 14.9 Å². The van der Waals surface area contributed by atoms with Crippen molar-refractivity contribution in [2.45, 2.75) is 18.9 Å². The lowest BCUT2D eigenvalue weighted by Gasteiger charge is -2.22. The summed E-state index contributed by atoms with van der Waals surface area (Å²) in [6, 6.07) is 16.4. The normalized spacial score (nSPS) is 17.0. The van der Waals surface area contributed by atoms with Gasteiger partial charge < -0.3 is 14.3 Å². The molecule has 3 heterocycles. The van der Waals surface area contributed by atoms with Crippen LogP contribution in [0.25, 0.3) is 22.0 Å². The zero-order chi connectivity index (χ0) is 18.4. The summed E-state index contributed by atoms with van der Waals surface area (Å²) < 4.78 is 5.34. The van der Waals surface area contributed by atoms with Crippen LogP contribution < -0.4 is 5.63 Å². The summed E-state index contributed by atoms with van der Waals surface area (Å²) in [5, 5.41) is 0.736. The Morgan fingerprint density at radius 2 is 1.96 bits per heavy atom. The van der Waals surface area contributed by atoms with E-state index in [1.807, 2.05) is 36.4 Å². The fraction of sp³-hybridized carbons (Fsp3) is 0.190. The summed E-state index contributed by atoms with van der Waals surface area (Å²) >= 11 is 0. The second kappa shape index (κ2) is 6.09. The van der Waals surface area contributed by atoms with Crippen LogP contribution in [0.1, 0.15) is 35.1 Å². The van der Waals surface area contributed by atoms with E-state index >= 15 is 0 Å². The molecule has 6 heteroatoms. The highest BCUT2D eigenvalue weighted by molar-refractivity contribution is 5.97. The number of nitrogens with one attached hydrogen (secondary N) is 1. The zero-order valence-electron chi connectivity index (χ0n) is 14.5. The first-order valence-corrected chi connectivity index (χ1v) is 8.99. The van der Waals surface area contributed by atoms with E-state index in [4.69, 9.17) is 4.42 Å². The van der Waals surface area contributed by atoms with E-state index in [9.17, 15) is 9.59 Å². The summed E-state index contributed by atoms with van der Waals surface area (Å²) in [5.74, 6) is 0.449. The lowest BCUT2D eigenvalue weighted by atomic mass is 10.1. The smallest absolute Gasteiger partial charge is 0.349 e. The molecule has 0 aliphatic carbocycles. The van der Waals surface area contributed by atoms with Crippen molar-refractivity contribution in [1.29, 1.82) is 0 Å². The molecule has 1 aliphatic heterocycles. The van der Waals surface area contributed by atoms with Gasteiger partial charge in [0.05, 0.1) is 17.1 Å². The van der Waals surface area contributed by atoms with E-state index in [0.717, 1.165) is 35.1 Å². The topological polar surface area (TPSA) is 79.2 Å². The number of hydrogen-bond acceptors (Lipinski definition) is 4. The first-order valence-electron chi connectivity index (χ1n) is 8.99. The third-order valence-electron chi connectivity index (χ3n) is 5.11. The van der Waals surface area contributed by atoms with E-state index in [2.05, 4.69) is 9.97 Å². The van der Waals surface area contributed by atoms with Crippen LogP contribution in [0.4, 0.5) is 0 Å². The number of carbonyl (C=O) groups is 1. The molecule has 1 atom stereocenters.